The van der Waals surface area contributed by atoms with Crippen molar-refractivity contribution in [3.8, 4) is 0 Å². The Labute approximate surface area is 156 Å². The third kappa shape index (κ3) is 3.73. The van der Waals surface area contributed by atoms with Crippen molar-refractivity contribution in [2.24, 2.45) is 5.10 Å². The van der Waals surface area contributed by atoms with Gasteiger partial charge in [-0.3, -0.25) is 4.79 Å². The number of halogens is 4. The maximum atomic E-state index is 12.8. The van der Waals surface area contributed by atoms with Crippen LogP contribution in [0, 0.1) is 0 Å². The number of nitrogens with one attached hydrogen (secondary N) is 1. The van der Waals surface area contributed by atoms with Gasteiger partial charge in [0.25, 0.3) is 5.91 Å². The van der Waals surface area contributed by atoms with Gasteiger partial charge in [0.1, 0.15) is 4.88 Å². The number of hydrogen-bond acceptors (Lipinski definition) is 3. The fraction of sp³-hybridized carbons (Fsp3) is 0.111. The molecular weight excluding hydrogens is 385 g/mol. The molecule has 1 N–H and O–H groups in total. The van der Waals surface area contributed by atoms with E-state index in [4.69, 9.17) is 11.6 Å². The molecule has 0 atom stereocenters. The number of rotatable bonds is 3. The Morgan fingerprint density at radius 2 is 1.88 bits per heavy atom. The highest BCUT2D eigenvalue weighted by Gasteiger charge is 2.30. The summed E-state index contributed by atoms with van der Waals surface area (Å²) in [5, 5.41) is 5.00. The number of thiophene rings is 1. The van der Waals surface area contributed by atoms with Crippen molar-refractivity contribution in [3.05, 3.63) is 69.6 Å². The van der Waals surface area contributed by atoms with Crippen molar-refractivity contribution in [2.45, 2.75) is 13.1 Å². The Morgan fingerprint density at radius 3 is 2.58 bits per heavy atom. The van der Waals surface area contributed by atoms with E-state index in [9.17, 15) is 18.0 Å². The van der Waals surface area contributed by atoms with Crippen LogP contribution in [0.5, 0.6) is 0 Å². The lowest BCUT2D eigenvalue weighted by Gasteiger charge is -2.08. The zero-order valence-corrected chi connectivity index (χ0v) is 15.0. The second kappa shape index (κ2) is 7.09. The van der Waals surface area contributed by atoms with Crippen LogP contribution in [0.25, 0.3) is 10.1 Å². The van der Waals surface area contributed by atoms with Gasteiger partial charge in [-0.2, -0.15) is 18.3 Å². The Kier molecular flexibility index (Phi) is 5.02. The van der Waals surface area contributed by atoms with E-state index in [0.717, 1.165) is 22.2 Å². The fourth-order valence-corrected chi connectivity index (χ4v) is 3.74. The molecule has 0 bridgehead atoms. The molecule has 134 valence electrons. The van der Waals surface area contributed by atoms with Crippen LogP contribution in [0.3, 0.4) is 0 Å². The summed E-state index contributed by atoms with van der Waals surface area (Å²) in [5.74, 6) is -0.512. The topological polar surface area (TPSA) is 41.5 Å². The van der Waals surface area contributed by atoms with Crippen LogP contribution in [0.2, 0.25) is 5.02 Å². The van der Waals surface area contributed by atoms with E-state index >= 15 is 0 Å². The lowest BCUT2D eigenvalue weighted by Crippen LogP contribution is -2.18. The van der Waals surface area contributed by atoms with Crippen molar-refractivity contribution in [3.63, 3.8) is 0 Å². The van der Waals surface area contributed by atoms with Gasteiger partial charge in [-0.25, -0.2) is 5.43 Å². The van der Waals surface area contributed by atoms with Gasteiger partial charge in [0, 0.05) is 10.1 Å². The van der Waals surface area contributed by atoms with Crippen LogP contribution in [-0.4, -0.2) is 11.6 Å². The molecule has 3 rings (SSSR count). The zero-order valence-electron chi connectivity index (χ0n) is 13.4. The summed E-state index contributed by atoms with van der Waals surface area (Å²) in [5.41, 5.74) is 2.09. The van der Waals surface area contributed by atoms with Gasteiger partial charge >= 0.3 is 6.18 Å². The molecule has 0 radical (unpaired) electrons. The molecule has 3 nitrogen and oxygen atoms in total. The van der Waals surface area contributed by atoms with Crippen molar-refractivity contribution in [1.29, 1.82) is 0 Å². The maximum Gasteiger partial charge on any atom is 0.416 e. The summed E-state index contributed by atoms with van der Waals surface area (Å²) >= 11 is 7.45. The predicted octanol–water partition coefficient (Wildman–Crippen LogP) is 5.73. The molecule has 0 aliphatic carbocycles. The highest BCUT2D eigenvalue weighted by molar-refractivity contribution is 7.21. The highest BCUT2D eigenvalue weighted by Crippen LogP contribution is 2.35. The van der Waals surface area contributed by atoms with Crippen LogP contribution in [0.15, 0.2) is 53.6 Å². The first kappa shape index (κ1) is 18.4. The third-order valence-corrected chi connectivity index (χ3v) is 5.35. The Balaban J connectivity index is 1.82. The van der Waals surface area contributed by atoms with Crippen molar-refractivity contribution in [1.82, 2.24) is 5.43 Å². The monoisotopic (exact) mass is 396 g/mol. The molecule has 1 aromatic heterocycles. The fourth-order valence-electron chi connectivity index (χ4n) is 2.33. The van der Waals surface area contributed by atoms with Gasteiger partial charge in [0.15, 0.2) is 0 Å². The minimum absolute atomic E-state index is 0.252. The standard InChI is InChI=1S/C18H12ClF3N2OS/c1-10(11-5-4-6-12(9-11)18(20,21)22)23-24-17(25)16-15(19)13-7-2-3-8-14(13)26-16/h2-9H,1H3,(H,24,25)/b23-10-. The Hall–Kier alpha value is -2.38. The number of hydrogen-bond donors (Lipinski definition) is 1. The number of hydrazone groups is 1. The molecule has 26 heavy (non-hydrogen) atoms. The number of alkyl halides is 3. The van der Waals surface area contributed by atoms with Gasteiger partial charge in [-0.1, -0.05) is 41.9 Å². The average Bonchev–Trinajstić information content (AvgIpc) is 2.96. The van der Waals surface area contributed by atoms with Crippen molar-refractivity contribution >= 4 is 44.6 Å². The zero-order chi connectivity index (χ0) is 18.9. The minimum atomic E-state index is -4.44. The molecular formula is C18H12ClF3N2OS. The molecule has 0 saturated heterocycles. The second-order valence-corrected chi connectivity index (χ2v) is 6.89. The first-order valence-corrected chi connectivity index (χ1v) is 8.66. The van der Waals surface area contributed by atoms with E-state index < -0.39 is 17.6 Å². The van der Waals surface area contributed by atoms with Crippen LogP contribution in [0.4, 0.5) is 13.2 Å². The van der Waals surface area contributed by atoms with E-state index in [2.05, 4.69) is 10.5 Å². The number of benzene rings is 2. The van der Waals surface area contributed by atoms with E-state index in [0.29, 0.717) is 9.90 Å². The van der Waals surface area contributed by atoms with Gasteiger partial charge in [-0.15, -0.1) is 11.3 Å². The van der Waals surface area contributed by atoms with Crippen LogP contribution >= 0.6 is 22.9 Å². The van der Waals surface area contributed by atoms with Crippen LogP contribution in [-0.2, 0) is 6.18 Å². The molecule has 0 aliphatic rings. The van der Waals surface area contributed by atoms with E-state index in [1.54, 1.807) is 0 Å². The molecule has 3 aromatic rings. The molecule has 1 amide bonds. The summed E-state index contributed by atoms with van der Waals surface area (Å²) in [7, 11) is 0. The second-order valence-electron chi connectivity index (χ2n) is 5.46. The number of nitrogens with zero attached hydrogens (tertiary/aromatic N) is 1. The number of fused-ring (bicyclic) bond motifs is 1. The molecule has 1 heterocycles. The molecule has 0 fully saturated rings. The summed E-state index contributed by atoms with van der Waals surface area (Å²) in [4.78, 5) is 12.6. The molecule has 0 unspecified atom stereocenters. The summed E-state index contributed by atoms with van der Waals surface area (Å²) in [6.45, 7) is 1.52. The van der Waals surface area contributed by atoms with Gasteiger partial charge in [0.2, 0.25) is 0 Å². The normalized spacial score (nSPS) is 12.4. The smallest absolute Gasteiger partial charge is 0.266 e. The molecule has 0 aliphatic heterocycles. The molecule has 0 spiro atoms. The molecule has 8 heteroatoms. The van der Waals surface area contributed by atoms with E-state index in [1.165, 1.54) is 30.4 Å². The Morgan fingerprint density at radius 1 is 1.15 bits per heavy atom. The predicted molar refractivity (Wildman–Crippen MR) is 98.0 cm³/mol. The van der Waals surface area contributed by atoms with Crippen molar-refractivity contribution in [2.75, 3.05) is 0 Å². The van der Waals surface area contributed by atoms with Gasteiger partial charge in [0.05, 0.1) is 16.3 Å². The van der Waals surface area contributed by atoms with E-state index in [1.807, 2.05) is 24.3 Å². The van der Waals surface area contributed by atoms with Gasteiger partial charge < -0.3 is 0 Å². The first-order valence-electron chi connectivity index (χ1n) is 7.46. The number of carbonyl (C=O) groups excluding carboxylic acids is 1. The SMILES string of the molecule is C/C(=N/NC(=O)c1sc2ccccc2c1Cl)c1cccc(C(F)(F)F)c1. The number of amides is 1. The van der Waals surface area contributed by atoms with Crippen molar-refractivity contribution < 1.29 is 18.0 Å². The van der Waals surface area contributed by atoms with Gasteiger partial charge in [-0.05, 0) is 30.7 Å². The summed E-state index contributed by atoms with van der Waals surface area (Å²) < 4.78 is 39.2. The highest BCUT2D eigenvalue weighted by atomic mass is 35.5. The quantitative estimate of drug-likeness (QED) is 0.446. The third-order valence-electron chi connectivity index (χ3n) is 3.67. The first-order chi connectivity index (χ1) is 12.3. The lowest BCUT2D eigenvalue weighted by molar-refractivity contribution is -0.137. The largest absolute Gasteiger partial charge is 0.416 e. The van der Waals surface area contributed by atoms with E-state index in [-0.39, 0.29) is 11.3 Å². The summed E-state index contributed by atoms with van der Waals surface area (Å²) in [6, 6.07) is 12.1. The maximum absolute atomic E-state index is 12.8. The number of carbonyl (C=O) groups is 1. The lowest BCUT2D eigenvalue weighted by atomic mass is 10.1. The van der Waals surface area contributed by atoms with Crippen LogP contribution < -0.4 is 5.43 Å². The molecule has 0 saturated carbocycles. The minimum Gasteiger partial charge on any atom is -0.266 e. The molecule has 2 aromatic carbocycles. The average molecular weight is 397 g/mol. The summed E-state index contributed by atoms with van der Waals surface area (Å²) in [6.07, 6.45) is -4.44. The van der Waals surface area contributed by atoms with Crippen LogP contribution in [0.1, 0.15) is 27.7 Å². The Bertz CT molecular complexity index is 1010.